The van der Waals surface area contributed by atoms with Crippen LogP contribution in [0.25, 0.3) is 22.3 Å². The Hall–Kier alpha value is -4.57. The first-order valence-electron chi connectivity index (χ1n) is 10.9. The summed E-state index contributed by atoms with van der Waals surface area (Å²) in [4.78, 5) is 13.0. The number of phenolic OH excluding ortho intramolecular Hbond substituents is 3. The first-order valence-corrected chi connectivity index (χ1v) is 10.9. The quantitative estimate of drug-likeness (QED) is 0.325. The van der Waals surface area contributed by atoms with Gasteiger partial charge < -0.3 is 43.8 Å². The zero-order valence-corrected chi connectivity index (χ0v) is 19.2. The number of hydrogen-bond acceptors (Lipinski definition) is 10. The molecular formula is C26H22O10. The molecule has 2 heterocycles. The Morgan fingerprint density at radius 3 is 2.42 bits per heavy atom. The smallest absolute Gasteiger partial charge is 0.239 e. The van der Waals surface area contributed by atoms with E-state index in [-0.39, 0.29) is 46.3 Å². The minimum atomic E-state index is -0.744. The van der Waals surface area contributed by atoms with Crippen LogP contribution < -0.4 is 24.4 Å². The first kappa shape index (κ1) is 23.2. The SMILES string of the molecule is COc1cc(C2Oc3cc(-c4oc5cc(O)cc(O)c5c(=O)c4OC)ccc3OC2CO)ccc1O. The maximum absolute atomic E-state index is 13.0. The van der Waals surface area contributed by atoms with Crippen LogP contribution in [0.15, 0.2) is 57.7 Å². The summed E-state index contributed by atoms with van der Waals surface area (Å²) in [5.74, 6) is 0.0524. The third-order valence-corrected chi connectivity index (χ3v) is 5.91. The van der Waals surface area contributed by atoms with E-state index in [4.69, 9.17) is 23.4 Å². The van der Waals surface area contributed by atoms with Crippen LogP contribution in [-0.2, 0) is 0 Å². The lowest BCUT2D eigenvalue weighted by atomic mass is 10.0. The van der Waals surface area contributed by atoms with Crippen LogP contribution in [0.3, 0.4) is 0 Å². The molecule has 0 fully saturated rings. The number of benzene rings is 3. The number of fused-ring (bicyclic) bond motifs is 2. The van der Waals surface area contributed by atoms with E-state index in [0.717, 1.165) is 6.07 Å². The van der Waals surface area contributed by atoms with Gasteiger partial charge in [-0.15, -0.1) is 0 Å². The number of rotatable bonds is 5. The fourth-order valence-corrected chi connectivity index (χ4v) is 4.21. The fraction of sp³-hybridized carbons (Fsp3) is 0.192. The van der Waals surface area contributed by atoms with E-state index in [0.29, 0.717) is 22.6 Å². The van der Waals surface area contributed by atoms with Crippen molar-refractivity contribution in [1.82, 2.24) is 0 Å². The summed E-state index contributed by atoms with van der Waals surface area (Å²) in [5, 5.41) is 39.7. The number of aliphatic hydroxyl groups excluding tert-OH is 1. The molecule has 186 valence electrons. The summed E-state index contributed by atoms with van der Waals surface area (Å²) in [6, 6.07) is 11.7. The lowest BCUT2D eigenvalue weighted by molar-refractivity contribution is -0.0123. The van der Waals surface area contributed by atoms with Gasteiger partial charge in [0, 0.05) is 23.3 Å². The lowest BCUT2D eigenvalue weighted by Crippen LogP contribution is -2.36. The van der Waals surface area contributed by atoms with Crippen LogP contribution in [-0.4, -0.2) is 47.4 Å². The van der Waals surface area contributed by atoms with Crippen molar-refractivity contribution in [3.63, 3.8) is 0 Å². The molecule has 4 aromatic rings. The van der Waals surface area contributed by atoms with Gasteiger partial charge in [0.25, 0.3) is 0 Å². The maximum atomic E-state index is 13.0. The van der Waals surface area contributed by atoms with Crippen LogP contribution in [0.4, 0.5) is 0 Å². The summed E-state index contributed by atoms with van der Waals surface area (Å²) >= 11 is 0. The zero-order chi connectivity index (χ0) is 25.6. The van der Waals surface area contributed by atoms with E-state index >= 15 is 0 Å². The Labute approximate surface area is 204 Å². The Bertz CT molecular complexity index is 1520. The van der Waals surface area contributed by atoms with Gasteiger partial charge in [0.1, 0.15) is 22.5 Å². The molecule has 1 aliphatic rings. The van der Waals surface area contributed by atoms with Crippen LogP contribution in [0.5, 0.6) is 40.2 Å². The van der Waals surface area contributed by atoms with Crippen LogP contribution in [0.1, 0.15) is 11.7 Å². The van der Waals surface area contributed by atoms with Gasteiger partial charge in [-0.2, -0.15) is 0 Å². The summed E-state index contributed by atoms with van der Waals surface area (Å²) in [5.41, 5.74) is 0.356. The molecule has 0 saturated heterocycles. The molecular weight excluding hydrogens is 472 g/mol. The van der Waals surface area contributed by atoms with E-state index in [1.54, 1.807) is 30.3 Å². The largest absolute Gasteiger partial charge is 0.508 e. The standard InChI is InChI=1S/C26H22O10/c1-32-18-7-12(3-5-15(18)29)24-21(11-27)34-17-6-4-13(8-19(17)35-24)25-26(33-2)23(31)22-16(30)9-14(28)10-20(22)36-25/h3-10,21,24,27-30H,11H2,1-2H3. The van der Waals surface area contributed by atoms with Crippen molar-refractivity contribution in [2.45, 2.75) is 12.2 Å². The van der Waals surface area contributed by atoms with Gasteiger partial charge >= 0.3 is 0 Å². The third kappa shape index (κ3) is 3.77. The predicted molar refractivity (Wildman–Crippen MR) is 127 cm³/mol. The number of ether oxygens (including phenoxy) is 4. The fourth-order valence-electron chi connectivity index (χ4n) is 4.21. The summed E-state index contributed by atoms with van der Waals surface area (Å²) in [7, 11) is 2.73. The van der Waals surface area contributed by atoms with Crippen molar-refractivity contribution in [1.29, 1.82) is 0 Å². The summed E-state index contributed by atoms with van der Waals surface area (Å²) in [6.07, 6.45) is -1.48. The Balaban J connectivity index is 1.61. The van der Waals surface area contributed by atoms with Gasteiger partial charge in [-0.3, -0.25) is 4.79 Å². The molecule has 2 unspecified atom stereocenters. The molecule has 0 amide bonds. The van der Waals surface area contributed by atoms with Crippen LogP contribution >= 0.6 is 0 Å². The number of aliphatic hydroxyl groups is 1. The Morgan fingerprint density at radius 1 is 0.889 bits per heavy atom. The highest BCUT2D eigenvalue weighted by Gasteiger charge is 2.34. The monoisotopic (exact) mass is 494 g/mol. The van der Waals surface area contributed by atoms with Crippen molar-refractivity contribution in [3.8, 4) is 51.6 Å². The molecule has 1 aromatic heterocycles. The molecule has 10 nitrogen and oxygen atoms in total. The van der Waals surface area contributed by atoms with E-state index < -0.39 is 23.4 Å². The molecule has 0 saturated carbocycles. The Morgan fingerprint density at radius 2 is 1.69 bits per heavy atom. The van der Waals surface area contributed by atoms with Crippen LogP contribution in [0, 0.1) is 0 Å². The van der Waals surface area contributed by atoms with Crippen molar-refractivity contribution < 1.29 is 43.8 Å². The van der Waals surface area contributed by atoms with Crippen molar-refractivity contribution in [2.75, 3.05) is 20.8 Å². The number of methoxy groups -OCH3 is 2. The molecule has 3 aromatic carbocycles. The second-order valence-corrected chi connectivity index (χ2v) is 8.10. The van der Waals surface area contributed by atoms with E-state index in [2.05, 4.69) is 0 Å². The highest BCUT2D eigenvalue weighted by atomic mass is 16.6. The van der Waals surface area contributed by atoms with E-state index in [1.165, 1.54) is 26.4 Å². The van der Waals surface area contributed by atoms with Gasteiger partial charge in [-0.05, 0) is 30.3 Å². The topological polar surface area (TPSA) is 148 Å². The first-order chi connectivity index (χ1) is 17.3. The van der Waals surface area contributed by atoms with Gasteiger partial charge in [0.2, 0.25) is 11.2 Å². The molecule has 4 N–H and O–H groups in total. The number of phenols is 3. The minimum absolute atomic E-state index is 0.0300. The number of aromatic hydroxyl groups is 3. The maximum Gasteiger partial charge on any atom is 0.239 e. The highest BCUT2D eigenvalue weighted by Crippen LogP contribution is 2.44. The van der Waals surface area contributed by atoms with Crippen LogP contribution in [0.2, 0.25) is 0 Å². The molecule has 5 rings (SSSR count). The van der Waals surface area contributed by atoms with Gasteiger partial charge in [-0.1, -0.05) is 6.07 Å². The van der Waals surface area contributed by atoms with Crippen molar-refractivity contribution in [2.24, 2.45) is 0 Å². The molecule has 0 radical (unpaired) electrons. The summed E-state index contributed by atoms with van der Waals surface area (Å²) in [6.45, 7) is -0.338. The van der Waals surface area contributed by atoms with Crippen molar-refractivity contribution >= 4 is 11.0 Å². The summed E-state index contributed by atoms with van der Waals surface area (Å²) < 4.78 is 28.5. The molecule has 10 heteroatoms. The minimum Gasteiger partial charge on any atom is -0.508 e. The van der Waals surface area contributed by atoms with E-state index in [1.807, 2.05) is 0 Å². The highest BCUT2D eigenvalue weighted by molar-refractivity contribution is 5.88. The predicted octanol–water partition coefficient (Wildman–Crippen LogP) is 3.47. The molecule has 36 heavy (non-hydrogen) atoms. The van der Waals surface area contributed by atoms with Gasteiger partial charge in [0.15, 0.2) is 41.0 Å². The molecule has 0 bridgehead atoms. The third-order valence-electron chi connectivity index (χ3n) is 5.91. The zero-order valence-electron chi connectivity index (χ0n) is 19.2. The second-order valence-electron chi connectivity index (χ2n) is 8.10. The Kier molecular flexibility index (Phi) is 5.73. The lowest BCUT2D eigenvalue weighted by Gasteiger charge is -2.33. The average Bonchev–Trinajstić information content (AvgIpc) is 2.87. The van der Waals surface area contributed by atoms with Crippen molar-refractivity contribution in [3.05, 3.63) is 64.3 Å². The normalized spacial score (nSPS) is 16.6. The molecule has 2 atom stereocenters. The van der Waals surface area contributed by atoms with Gasteiger partial charge in [0.05, 0.1) is 20.8 Å². The molecule has 1 aliphatic heterocycles. The molecule has 0 aliphatic carbocycles. The van der Waals surface area contributed by atoms with Gasteiger partial charge in [-0.25, -0.2) is 0 Å². The average molecular weight is 494 g/mol. The second kappa shape index (κ2) is 8.90. The molecule has 0 spiro atoms. The number of hydrogen-bond donors (Lipinski definition) is 4. The van der Waals surface area contributed by atoms with E-state index in [9.17, 15) is 25.2 Å².